The summed E-state index contributed by atoms with van der Waals surface area (Å²) in [5, 5.41) is 12.5. The Morgan fingerprint density at radius 2 is 1.97 bits per heavy atom. The molecule has 0 saturated heterocycles. The van der Waals surface area contributed by atoms with Crippen LogP contribution in [-0.2, 0) is 11.4 Å². The van der Waals surface area contributed by atoms with Gasteiger partial charge in [-0.2, -0.15) is 5.26 Å². The molecule has 5 nitrogen and oxygen atoms in total. The molecule has 2 aromatic carbocycles. The van der Waals surface area contributed by atoms with Crippen molar-refractivity contribution in [2.75, 3.05) is 7.11 Å². The maximum absolute atomic E-state index is 12.6. The number of methoxy groups -OCH3 is 1. The van der Waals surface area contributed by atoms with E-state index in [1.165, 1.54) is 6.42 Å². The smallest absolute Gasteiger partial charge is 0.262 e. The van der Waals surface area contributed by atoms with Crippen LogP contribution < -0.4 is 14.8 Å². The first-order valence-electron chi connectivity index (χ1n) is 10.1. The molecule has 0 unspecified atom stereocenters. The Hall–Kier alpha value is -2.53. The third kappa shape index (κ3) is 5.99. The topological polar surface area (TPSA) is 71.3 Å². The van der Waals surface area contributed by atoms with Gasteiger partial charge in [-0.3, -0.25) is 4.79 Å². The summed E-state index contributed by atoms with van der Waals surface area (Å²) in [5.41, 5.74) is 1.88. The molecule has 1 N–H and O–H groups in total. The number of hydrogen-bond donors (Lipinski definition) is 1. The van der Waals surface area contributed by atoms with Gasteiger partial charge in [0.25, 0.3) is 5.91 Å². The van der Waals surface area contributed by atoms with Crippen LogP contribution in [-0.4, -0.2) is 19.1 Å². The standard InChI is InChI=1S/C24H25IN2O3/c1-29-22-14-18(12-19(15-26)24(28)27-20-10-6-3-7-11-20)13-21(25)23(22)30-16-17-8-4-2-5-9-17/h2,4-5,8-9,12-14,20H,3,6-7,10-11,16H2,1H3,(H,27,28)/b19-12+. The molecule has 1 fully saturated rings. The Labute approximate surface area is 191 Å². The van der Waals surface area contributed by atoms with Gasteiger partial charge >= 0.3 is 0 Å². The largest absolute Gasteiger partial charge is 0.493 e. The van der Waals surface area contributed by atoms with Gasteiger partial charge in [0.1, 0.15) is 18.2 Å². The SMILES string of the molecule is COc1cc(/C=C(\C#N)C(=O)NC2CCCCC2)cc(I)c1OCc1ccccc1. The maximum Gasteiger partial charge on any atom is 0.262 e. The van der Waals surface area contributed by atoms with Crippen LogP contribution in [0.5, 0.6) is 11.5 Å². The lowest BCUT2D eigenvalue weighted by atomic mass is 9.95. The van der Waals surface area contributed by atoms with Gasteiger partial charge in [-0.05, 0) is 64.8 Å². The number of nitrogens with one attached hydrogen (secondary N) is 1. The van der Waals surface area contributed by atoms with E-state index in [0.717, 1.165) is 40.4 Å². The normalized spacial score (nSPS) is 14.6. The number of hydrogen-bond acceptors (Lipinski definition) is 4. The van der Waals surface area contributed by atoms with E-state index < -0.39 is 0 Å². The van der Waals surface area contributed by atoms with Crippen LogP contribution >= 0.6 is 22.6 Å². The number of nitrogens with zero attached hydrogens (tertiary/aromatic N) is 1. The molecule has 1 aliphatic carbocycles. The average Bonchev–Trinajstić information content (AvgIpc) is 2.77. The van der Waals surface area contributed by atoms with Crippen LogP contribution in [0.3, 0.4) is 0 Å². The minimum Gasteiger partial charge on any atom is -0.493 e. The molecule has 0 heterocycles. The van der Waals surface area contributed by atoms with Crippen molar-refractivity contribution in [2.45, 2.75) is 44.8 Å². The Balaban J connectivity index is 1.76. The van der Waals surface area contributed by atoms with Crippen molar-refractivity contribution in [3.63, 3.8) is 0 Å². The minimum atomic E-state index is -0.317. The second kappa shape index (κ2) is 11.0. The fourth-order valence-corrected chi connectivity index (χ4v) is 4.30. The molecule has 0 spiro atoms. The summed E-state index contributed by atoms with van der Waals surface area (Å²) in [5.74, 6) is 0.890. The van der Waals surface area contributed by atoms with Crippen LogP contribution in [0.1, 0.15) is 43.2 Å². The number of nitriles is 1. The highest BCUT2D eigenvalue weighted by Gasteiger charge is 2.19. The number of carbonyl (C=O) groups is 1. The summed E-state index contributed by atoms with van der Waals surface area (Å²) in [4.78, 5) is 12.6. The summed E-state index contributed by atoms with van der Waals surface area (Å²) in [6.07, 6.45) is 7.01. The van der Waals surface area contributed by atoms with Gasteiger partial charge in [-0.15, -0.1) is 0 Å². The lowest BCUT2D eigenvalue weighted by molar-refractivity contribution is -0.117. The zero-order valence-corrected chi connectivity index (χ0v) is 19.1. The molecule has 3 rings (SSSR count). The number of carbonyl (C=O) groups excluding carboxylic acids is 1. The zero-order valence-electron chi connectivity index (χ0n) is 17.0. The molecule has 1 aliphatic rings. The van der Waals surface area contributed by atoms with E-state index in [9.17, 15) is 10.1 Å². The third-order valence-electron chi connectivity index (χ3n) is 5.09. The Morgan fingerprint density at radius 1 is 1.23 bits per heavy atom. The summed E-state index contributed by atoms with van der Waals surface area (Å²) < 4.78 is 12.3. The van der Waals surface area contributed by atoms with E-state index in [1.807, 2.05) is 42.5 Å². The molecular formula is C24H25IN2O3. The third-order valence-corrected chi connectivity index (χ3v) is 5.90. The number of amides is 1. The molecule has 1 amide bonds. The van der Waals surface area contributed by atoms with Gasteiger partial charge < -0.3 is 14.8 Å². The van der Waals surface area contributed by atoms with Gasteiger partial charge in [0.2, 0.25) is 0 Å². The molecule has 1 saturated carbocycles. The number of halogens is 1. The molecule has 0 aromatic heterocycles. The zero-order chi connectivity index (χ0) is 21.3. The molecule has 156 valence electrons. The minimum absolute atomic E-state index is 0.0939. The number of ether oxygens (including phenoxy) is 2. The van der Waals surface area contributed by atoms with Crippen molar-refractivity contribution in [1.29, 1.82) is 5.26 Å². The molecule has 0 aliphatic heterocycles. The first-order chi connectivity index (χ1) is 14.6. The summed E-state index contributed by atoms with van der Waals surface area (Å²) in [6.45, 7) is 0.426. The predicted molar refractivity (Wildman–Crippen MR) is 125 cm³/mol. The van der Waals surface area contributed by atoms with Crippen molar-refractivity contribution in [1.82, 2.24) is 5.32 Å². The highest BCUT2D eigenvalue weighted by atomic mass is 127. The Kier molecular flexibility index (Phi) is 8.14. The van der Waals surface area contributed by atoms with Crippen molar-refractivity contribution < 1.29 is 14.3 Å². The maximum atomic E-state index is 12.6. The van der Waals surface area contributed by atoms with Gasteiger partial charge in [0.05, 0.1) is 10.7 Å². The van der Waals surface area contributed by atoms with Gasteiger partial charge in [0, 0.05) is 6.04 Å². The highest BCUT2D eigenvalue weighted by Crippen LogP contribution is 2.35. The van der Waals surface area contributed by atoms with E-state index >= 15 is 0 Å². The molecule has 6 heteroatoms. The summed E-state index contributed by atoms with van der Waals surface area (Å²) in [7, 11) is 1.58. The molecule has 0 bridgehead atoms. The second-order valence-electron chi connectivity index (χ2n) is 7.29. The second-order valence-corrected chi connectivity index (χ2v) is 8.45. The van der Waals surface area contributed by atoms with Crippen LogP contribution in [0.15, 0.2) is 48.0 Å². The van der Waals surface area contributed by atoms with Crippen LogP contribution in [0, 0.1) is 14.9 Å². The first kappa shape index (κ1) is 22.2. The predicted octanol–water partition coefficient (Wildman–Crippen LogP) is 5.23. The summed E-state index contributed by atoms with van der Waals surface area (Å²) in [6, 6.07) is 15.8. The number of benzene rings is 2. The van der Waals surface area contributed by atoms with Gasteiger partial charge in [0.15, 0.2) is 11.5 Å². The van der Waals surface area contributed by atoms with Gasteiger partial charge in [-0.25, -0.2) is 0 Å². The number of rotatable bonds is 7. The van der Waals surface area contributed by atoms with E-state index in [4.69, 9.17) is 9.47 Å². The van der Waals surface area contributed by atoms with Crippen molar-refractivity contribution in [2.24, 2.45) is 0 Å². The lowest BCUT2D eigenvalue weighted by Gasteiger charge is -2.22. The van der Waals surface area contributed by atoms with Crippen molar-refractivity contribution >= 4 is 34.6 Å². The van der Waals surface area contributed by atoms with Crippen LogP contribution in [0.2, 0.25) is 0 Å². The monoisotopic (exact) mass is 516 g/mol. The van der Waals surface area contributed by atoms with E-state index in [-0.39, 0.29) is 17.5 Å². The fraction of sp³-hybridized carbons (Fsp3) is 0.333. The summed E-state index contributed by atoms with van der Waals surface area (Å²) >= 11 is 2.18. The molecule has 30 heavy (non-hydrogen) atoms. The molecule has 0 atom stereocenters. The lowest BCUT2D eigenvalue weighted by Crippen LogP contribution is -2.36. The Bertz CT molecular complexity index is 945. The van der Waals surface area contributed by atoms with Crippen molar-refractivity contribution in [3.05, 3.63) is 62.7 Å². The highest BCUT2D eigenvalue weighted by molar-refractivity contribution is 14.1. The quantitative estimate of drug-likeness (QED) is 0.311. The molecular weight excluding hydrogens is 491 g/mol. The fourth-order valence-electron chi connectivity index (χ4n) is 3.52. The van der Waals surface area contributed by atoms with E-state index in [1.54, 1.807) is 19.3 Å². The Morgan fingerprint density at radius 3 is 2.63 bits per heavy atom. The van der Waals surface area contributed by atoms with Gasteiger partial charge in [-0.1, -0.05) is 49.6 Å². The van der Waals surface area contributed by atoms with E-state index in [0.29, 0.717) is 18.1 Å². The van der Waals surface area contributed by atoms with Crippen LogP contribution in [0.4, 0.5) is 0 Å². The molecule has 0 radical (unpaired) electrons. The van der Waals surface area contributed by atoms with Crippen molar-refractivity contribution in [3.8, 4) is 17.6 Å². The van der Waals surface area contributed by atoms with Crippen LogP contribution in [0.25, 0.3) is 6.08 Å². The average molecular weight is 516 g/mol. The first-order valence-corrected chi connectivity index (χ1v) is 11.2. The van der Waals surface area contributed by atoms with E-state index in [2.05, 4.69) is 27.9 Å². The molecule has 2 aromatic rings.